The van der Waals surface area contributed by atoms with E-state index < -0.39 is 16.1 Å². The van der Waals surface area contributed by atoms with Gasteiger partial charge in [0.25, 0.3) is 0 Å². The van der Waals surface area contributed by atoms with Crippen molar-refractivity contribution in [3.05, 3.63) is 139 Å². The maximum absolute atomic E-state index is 15.0. The molecule has 0 spiro atoms. The van der Waals surface area contributed by atoms with Gasteiger partial charge in [-0.05, 0) is 104 Å². The maximum Gasteiger partial charge on any atom is 0.195 e. The first-order valence-electron chi connectivity index (χ1n) is 20.3. The summed E-state index contributed by atoms with van der Waals surface area (Å²) in [6.45, 7) is 28.2. The first-order chi connectivity index (χ1) is 26.4. The van der Waals surface area contributed by atoms with Gasteiger partial charge in [0, 0.05) is 42.4 Å². The van der Waals surface area contributed by atoms with Crippen LogP contribution in [0.5, 0.6) is 0 Å². The molecule has 1 nitrogen and oxygen atoms in total. The molecule has 0 bridgehead atoms. The molecule has 5 rings (SSSR count). The van der Waals surface area contributed by atoms with Crippen LogP contribution in [0.2, 0.25) is 33.2 Å². The number of carbonyl (C=O) groups excluding carboxylic acids is 1. The zero-order chi connectivity index (χ0) is 41.1. The average Bonchev–Trinajstić information content (AvgIpc) is 3.44. The third-order valence-electron chi connectivity index (χ3n) is 12.4. The zero-order valence-electron chi connectivity index (χ0n) is 35.4. The van der Waals surface area contributed by atoms with Crippen LogP contribution < -0.4 is 0 Å². The van der Waals surface area contributed by atoms with Gasteiger partial charge >= 0.3 is 0 Å². The predicted molar refractivity (Wildman–Crippen MR) is 256 cm³/mol. The Morgan fingerprint density at radius 1 is 0.375 bits per heavy atom. The van der Waals surface area contributed by atoms with Crippen molar-refractivity contribution in [1.29, 1.82) is 0 Å². The van der Waals surface area contributed by atoms with Crippen LogP contribution in [0.4, 0.5) is 0 Å². The van der Waals surface area contributed by atoms with E-state index in [0.29, 0.717) is 44.4 Å². The van der Waals surface area contributed by atoms with Crippen molar-refractivity contribution >= 4 is 76.1 Å². The molecule has 0 heterocycles. The number of hydrogen-bond acceptors (Lipinski definition) is 1. The van der Waals surface area contributed by atoms with Crippen molar-refractivity contribution in [3.63, 3.8) is 0 Å². The fourth-order valence-electron chi connectivity index (χ4n) is 9.63. The Kier molecular flexibility index (Phi) is 14.0. The Labute approximate surface area is 357 Å². The summed E-state index contributed by atoms with van der Waals surface area (Å²) >= 11 is 7.23. The van der Waals surface area contributed by atoms with Crippen molar-refractivity contribution in [2.75, 3.05) is 0 Å². The zero-order valence-corrected chi connectivity index (χ0v) is 40.5. The smallest absolute Gasteiger partial charge is 0.195 e. The second kappa shape index (κ2) is 18.0. The highest BCUT2D eigenvalue weighted by Crippen LogP contribution is 2.50. The minimum absolute atomic E-state index is 0.0237. The first-order valence-corrected chi connectivity index (χ1v) is 26.3. The summed E-state index contributed by atoms with van der Waals surface area (Å²) in [5.41, 5.74) is 20.2. The van der Waals surface area contributed by atoms with Crippen molar-refractivity contribution in [3.8, 4) is 22.9 Å². The van der Waals surface area contributed by atoms with Crippen LogP contribution in [-0.4, -0.2) is 21.9 Å². The SMILES string of the molecule is CC(C)[Si](C#Cc1ccc(C2=C(c3ccc(Br)cc3)C(=O)C(c3ccc(Br)cc3)=C2c2ccc(C#C[Si](C(C)C)(C(C)C)C(C)C)cc2)cc1)(C(C)C)C(C)C. The summed E-state index contributed by atoms with van der Waals surface area (Å²) in [5, 5.41) is 0. The molecule has 0 N–H and O–H groups in total. The van der Waals surface area contributed by atoms with Gasteiger partial charge in [0.2, 0.25) is 0 Å². The van der Waals surface area contributed by atoms with Gasteiger partial charge in [-0.25, -0.2) is 0 Å². The number of halogens is 2. The molecular weight excluding hydrogens is 845 g/mol. The Morgan fingerprint density at radius 3 is 0.857 bits per heavy atom. The van der Waals surface area contributed by atoms with E-state index in [1.54, 1.807) is 0 Å². The first kappa shape index (κ1) is 43.7. The van der Waals surface area contributed by atoms with E-state index in [0.717, 1.165) is 53.5 Å². The molecule has 56 heavy (non-hydrogen) atoms. The van der Waals surface area contributed by atoms with Gasteiger partial charge in [-0.15, -0.1) is 11.1 Å². The number of allylic oxidation sites excluding steroid dienone is 4. The van der Waals surface area contributed by atoms with Gasteiger partial charge in [-0.2, -0.15) is 0 Å². The van der Waals surface area contributed by atoms with Crippen molar-refractivity contribution < 1.29 is 4.79 Å². The minimum Gasteiger partial charge on any atom is -0.289 e. The summed E-state index contributed by atoms with van der Waals surface area (Å²) in [6.07, 6.45) is 0. The van der Waals surface area contributed by atoms with E-state index in [4.69, 9.17) is 0 Å². The highest BCUT2D eigenvalue weighted by molar-refractivity contribution is 9.10. The van der Waals surface area contributed by atoms with E-state index >= 15 is 4.79 Å². The molecule has 4 aromatic rings. The fraction of sp³-hybridized carbons (Fsp3) is 0.353. The predicted octanol–water partition coefficient (Wildman–Crippen LogP) is 15.5. The van der Waals surface area contributed by atoms with Gasteiger partial charge < -0.3 is 0 Å². The number of hydrogen-bond donors (Lipinski definition) is 0. The summed E-state index contributed by atoms with van der Waals surface area (Å²) < 4.78 is 1.94. The molecule has 1 aliphatic carbocycles. The van der Waals surface area contributed by atoms with Crippen LogP contribution in [0.15, 0.2) is 106 Å². The summed E-state index contributed by atoms with van der Waals surface area (Å²) in [6, 6.07) is 33.4. The van der Waals surface area contributed by atoms with Crippen LogP contribution in [0, 0.1) is 22.9 Å². The molecule has 0 fully saturated rings. The molecule has 0 aromatic heterocycles. The lowest BCUT2D eigenvalue weighted by molar-refractivity contribution is -0.108. The summed E-state index contributed by atoms with van der Waals surface area (Å²) in [5.74, 6) is 7.29. The van der Waals surface area contributed by atoms with Gasteiger partial charge in [0.1, 0.15) is 16.1 Å². The monoisotopic (exact) mass is 900 g/mol. The number of Topliss-reactive ketones (excluding diaryl/α,β-unsaturated/α-hetero) is 1. The van der Waals surface area contributed by atoms with Crippen LogP contribution in [0.3, 0.4) is 0 Å². The Balaban J connectivity index is 1.73. The van der Waals surface area contributed by atoms with E-state index in [-0.39, 0.29) is 5.78 Å². The lowest BCUT2D eigenvalue weighted by atomic mass is 9.88. The molecule has 1 aliphatic rings. The van der Waals surface area contributed by atoms with Crippen molar-refractivity contribution in [2.24, 2.45) is 0 Å². The van der Waals surface area contributed by atoms with Gasteiger partial charge in [0.05, 0.1) is 0 Å². The van der Waals surface area contributed by atoms with Crippen LogP contribution in [-0.2, 0) is 4.79 Å². The topological polar surface area (TPSA) is 17.1 Å². The molecule has 0 saturated carbocycles. The van der Waals surface area contributed by atoms with E-state index in [1.807, 2.05) is 48.5 Å². The quantitative estimate of drug-likeness (QED) is 0.114. The van der Waals surface area contributed by atoms with Gasteiger partial charge in [-0.3, -0.25) is 4.79 Å². The summed E-state index contributed by atoms with van der Waals surface area (Å²) in [4.78, 5) is 15.0. The van der Waals surface area contributed by atoms with E-state index in [1.165, 1.54) is 0 Å². The normalized spacial score (nSPS) is 13.8. The second-order valence-corrected chi connectivity index (χ2v) is 30.3. The van der Waals surface area contributed by atoms with Crippen LogP contribution in [0.25, 0.3) is 22.3 Å². The van der Waals surface area contributed by atoms with Crippen molar-refractivity contribution in [2.45, 2.75) is 116 Å². The summed E-state index contributed by atoms with van der Waals surface area (Å²) in [7, 11) is -3.80. The Hall–Kier alpha value is -3.46. The molecule has 0 radical (unpaired) electrons. The standard InChI is InChI=1S/C51H58Br2OSi2/c1-33(2)55(34(3)4,35(5)6)31-29-39-13-17-41(18-14-39)47-48(42-19-15-40(16-20-42)30-32-56(36(7)8,37(9)10)38(11)12)50(44-23-27-46(53)28-24-44)51(54)49(47)43-21-25-45(52)26-22-43/h13-28,33-38H,1-12H3. The number of carbonyl (C=O) groups is 1. The molecule has 290 valence electrons. The highest BCUT2D eigenvalue weighted by Gasteiger charge is 2.43. The molecular formula is C51H58Br2OSi2. The molecule has 4 aromatic carbocycles. The maximum atomic E-state index is 15.0. The minimum atomic E-state index is -1.90. The van der Waals surface area contributed by atoms with Crippen molar-refractivity contribution in [1.82, 2.24) is 0 Å². The number of benzene rings is 4. The van der Waals surface area contributed by atoms with E-state index in [2.05, 4.69) is 186 Å². The van der Waals surface area contributed by atoms with Crippen LogP contribution >= 0.6 is 31.9 Å². The third kappa shape index (κ3) is 8.54. The van der Waals surface area contributed by atoms with Gasteiger partial charge in [0.15, 0.2) is 5.78 Å². The average molecular weight is 903 g/mol. The molecule has 0 atom stereocenters. The molecule has 0 saturated heterocycles. The Morgan fingerprint density at radius 2 is 0.607 bits per heavy atom. The number of rotatable bonds is 10. The van der Waals surface area contributed by atoms with E-state index in [9.17, 15) is 0 Å². The molecule has 0 aliphatic heterocycles. The molecule has 0 unspecified atom stereocenters. The third-order valence-corrected chi connectivity index (χ3v) is 26.0. The van der Waals surface area contributed by atoms with Gasteiger partial charge in [-0.1, -0.05) is 175 Å². The molecule has 5 heteroatoms. The number of ketones is 1. The Bertz CT molecular complexity index is 2030. The lowest BCUT2D eigenvalue weighted by Crippen LogP contribution is -2.43. The van der Waals surface area contributed by atoms with Crippen LogP contribution in [0.1, 0.15) is 116 Å². The molecule has 0 amide bonds. The highest BCUT2D eigenvalue weighted by atomic mass is 79.9. The largest absolute Gasteiger partial charge is 0.289 e. The fourth-order valence-corrected chi connectivity index (χ4v) is 20.6. The second-order valence-electron chi connectivity index (χ2n) is 17.3. The lowest BCUT2D eigenvalue weighted by Gasteiger charge is -2.38.